The largest absolute Gasteiger partial charge is 0.451 e. The van der Waals surface area contributed by atoms with Crippen LogP contribution in [0.2, 0.25) is 0 Å². The van der Waals surface area contributed by atoms with Crippen molar-refractivity contribution in [2.24, 2.45) is 0 Å². The number of hydroxylamine groups is 3. The average molecular weight is 448 g/mol. The van der Waals surface area contributed by atoms with Crippen molar-refractivity contribution in [3.05, 3.63) is 22.8 Å². The third-order valence-electron chi connectivity index (χ3n) is 4.71. The van der Waals surface area contributed by atoms with Gasteiger partial charge in [-0.2, -0.15) is 0 Å². The summed E-state index contributed by atoms with van der Waals surface area (Å²) in [7, 11) is 0. The van der Waals surface area contributed by atoms with Gasteiger partial charge >= 0.3 is 0 Å². The van der Waals surface area contributed by atoms with Gasteiger partial charge in [0.2, 0.25) is 17.9 Å². The number of fused-ring (bicyclic) bond motifs is 2. The Balaban J connectivity index is 1.78. The Bertz CT molecular complexity index is 937. The molecule has 2 heterocycles. The van der Waals surface area contributed by atoms with E-state index in [1.54, 1.807) is 20.8 Å². The fraction of sp³-hybridized carbons (Fsp3) is 0.526. The standard InChI is InChI=1S/C19H23F3N2O5S/c1-9(2)24(27)15(25)4-5-19(21,22)14-7-11-13(30-14)8-12-18(17(11)20)29-16(28-12)6-10(3)23-26/h7-10,16,23,26-27H,4-6H2,1-3H3. The zero-order chi connectivity index (χ0) is 22.2. The molecule has 1 aromatic carbocycles. The van der Waals surface area contributed by atoms with Crippen molar-refractivity contribution in [3.8, 4) is 11.5 Å². The normalized spacial score (nSPS) is 17.0. The Morgan fingerprint density at radius 3 is 2.67 bits per heavy atom. The predicted octanol–water partition coefficient (Wildman–Crippen LogP) is 4.39. The number of amides is 1. The van der Waals surface area contributed by atoms with Crippen LogP contribution in [0.25, 0.3) is 10.1 Å². The van der Waals surface area contributed by atoms with Gasteiger partial charge in [0.1, 0.15) is 0 Å². The maximum absolute atomic E-state index is 14.9. The van der Waals surface area contributed by atoms with Gasteiger partial charge in [-0.1, -0.05) is 0 Å². The van der Waals surface area contributed by atoms with E-state index in [-0.39, 0.29) is 34.0 Å². The first-order valence-corrected chi connectivity index (χ1v) is 10.2. The van der Waals surface area contributed by atoms with Crippen LogP contribution in [0.4, 0.5) is 13.2 Å². The number of carbonyl (C=O) groups is 1. The lowest BCUT2D eigenvalue weighted by molar-refractivity contribution is -0.174. The number of nitrogens with one attached hydrogen (secondary N) is 1. The van der Waals surface area contributed by atoms with Crippen LogP contribution in [0, 0.1) is 5.82 Å². The highest BCUT2D eigenvalue weighted by molar-refractivity contribution is 7.19. The van der Waals surface area contributed by atoms with E-state index in [4.69, 9.17) is 14.7 Å². The van der Waals surface area contributed by atoms with E-state index in [9.17, 15) is 23.2 Å². The summed E-state index contributed by atoms with van der Waals surface area (Å²) in [5.41, 5.74) is 2.04. The monoisotopic (exact) mass is 448 g/mol. The first-order valence-electron chi connectivity index (χ1n) is 9.41. The van der Waals surface area contributed by atoms with Crippen molar-refractivity contribution in [2.75, 3.05) is 0 Å². The number of rotatable bonds is 8. The van der Waals surface area contributed by atoms with E-state index in [0.29, 0.717) is 16.4 Å². The minimum Gasteiger partial charge on any atom is -0.451 e. The van der Waals surface area contributed by atoms with E-state index in [1.165, 1.54) is 6.07 Å². The van der Waals surface area contributed by atoms with Crippen molar-refractivity contribution >= 4 is 27.3 Å². The minimum atomic E-state index is -3.37. The number of hydrogen-bond donors (Lipinski definition) is 3. The molecule has 1 amide bonds. The average Bonchev–Trinajstić information content (AvgIpc) is 3.30. The van der Waals surface area contributed by atoms with Gasteiger partial charge in [0.05, 0.1) is 10.9 Å². The maximum atomic E-state index is 14.9. The van der Waals surface area contributed by atoms with Gasteiger partial charge < -0.3 is 14.7 Å². The highest BCUT2D eigenvalue weighted by Gasteiger charge is 2.37. The molecule has 0 aliphatic carbocycles. The SMILES string of the molecule is CC(CC1Oc2cc3sc(C(F)(F)CCC(=O)N(O)C(C)C)cc3c(F)c2O1)NO. The van der Waals surface area contributed by atoms with Crippen LogP contribution in [0.3, 0.4) is 0 Å². The summed E-state index contributed by atoms with van der Waals surface area (Å²) in [6, 6.07) is 1.61. The molecule has 30 heavy (non-hydrogen) atoms. The molecule has 1 aliphatic rings. The van der Waals surface area contributed by atoms with Crippen molar-refractivity contribution in [3.63, 3.8) is 0 Å². The number of carbonyl (C=O) groups excluding carboxylic acids is 1. The first kappa shape index (κ1) is 22.6. The summed E-state index contributed by atoms with van der Waals surface area (Å²) in [5, 5.41) is 18.8. The zero-order valence-electron chi connectivity index (χ0n) is 16.6. The number of hydrogen-bond acceptors (Lipinski definition) is 7. The lowest BCUT2D eigenvalue weighted by Gasteiger charge is -2.20. The summed E-state index contributed by atoms with van der Waals surface area (Å²) in [5.74, 6) is -5.04. The van der Waals surface area contributed by atoms with Gasteiger partial charge in [-0.15, -0.1) is 11.3 Å². The third kappa shape index (κ3) is 4.48. The molecule has 3 N–H and O–H groups in total. The lowest BCUT2D eigenvalue weighted by Crippen LogP contribution is -2.34. The number of nitrogens with zero attached hydrogens (tertiary/aromatic N) is 1. The van der Waals surface area contributed by atoms with Gasteiger partial charge in [-0.05, 0) is 26.8 Å². The van der Waals surface area contributed by atoms with Crippen molar-refractivity contribution in [2.45, 2.75) is 64.3 Å². The molecule has 3 rings (SSSR count). The van der Waals surface area contributed by atoms with Gasteiger partial charge in [-0.3, -0.25) is 10.0 Å². The molecule has 11 heteroatoms. The van der Waals surface area contributed by atoms with E-state index in [0.717, 1.165) is 6.07 Å². The number of alkyl halides is 2. The number of thiophene rings is 1. The summed E-state index contributed by atoms with van der Waals surface area (Å²) >= 11 is 0.705. The summed E-state index contributed by atoms with van der Waals surface area (Å²) < 4.78 is 55.4. The molecule has 0 fully saturated rings. The highest BCUT2D eigenvalue weighted by Crippen LogP contribution is 2.47. The molecular formula is C19H23F3N2O5S. The molecule has 1 aliphatic heterocycles. The van der Waals surface area contributed by atoms with Gasteiger partial charge in [0.15, 0.2) is 11.6 Å². The molecule has 2 unspecified atom stereocenters. The second kappa shape index (κ2) is 8.58. The van der Waals surface area contributed by atoms with Crippen molar-refractivity contribution in [1.82, 2.24) is 10.5 Å². The second-order valence-corrected chi connectivity index (χ2v) is 8.59. The fourth-order valence-corrected chi connectivity index (χ4v) is 4.09. The predicted molar refractivity (Wildman–Crippen MR) is 103 cm³/mol. The van der Waals surface area contributed by atoms with Crippen LogP contribution in [0.5, 0.6) is 11.5 Å². The Morgan fingerprint density at radius 2 is 2.03 bits per heavy atom. The molecular weight excluding hydrogens is 425 g/mol. The number of benzene rings is 1. The second-order valence-electron chi connectivity index (χ2n) is 7.51. The van der Waals surface area contributed by atoms with Crippen LogP contribution in [0.1, 0.15) is 44.9 Å². The summed E-state index contributed by atoms with van der Waals surface area (Å²) in [6.07, 6.45) is -1.94. The van der Waals surface area contributed by atoms with Gasteiger partial charge in [0.25, 0.3) is 5.92 Å². The smallest absolute Gasteiger partial charge is 0.282 e. The Labute approximate surface area is 174 Å². The molecule has 2 atom stereocenters. The van der Waals surface area contributed by atoms with E-state index in [1.807, 2.05) is 5.48 Å². The van der Waals surface area contributed by atoms with E-state index >= 15 is 0 Å². The van der Waals surface area contributed by atoms with Crippen LogP contribution in [-0.2, 0) is 10.7 Å². The molecule has 0 saturated heterocycles. The summed E-state index contributed by atoms with van der Waals surface area (Å²) in [4.78, 5) is 11.4. The Kier molecular flexibility index (Phi) is 6.46. The van der Waals surface area contributed by atoms with Gasteiger partial charge in [0, 0.05) is 41.5 Å². The van der Waals surface area contributed by atoms with Crippen LogP contribution in [0.15, 0.2) is 12.1 Å². The van der Waals surface area contributed by atoms with Crippen LogP contribution in [-0.4, -0.2) is 39.8 Å². The summed E-state index contributed by atoms with van der Waals surface area (Å²) in [6.45, 7) is 4.79. The van der Waals surface area contributed by atoms with Crippen LogP contribution < -0.4 is 15.0 Å². The fourth-order valence-electron chi connectivity index (χ4n) is 3.00. The highest BCUT2D eigenvalue weighted by atomic mass is 32.1. The molecule has 0 radical (unpaired) electrons. The van der Waals surface area contributed by atoms with Gasteiger partial charge in [-0.25, -0.2) is 23.7 Å². The minimum absolute atomic E-state index is 0.0247. The number of ether oxygens (including phenoxy) is 2. The quantitative estimate of drug-likeness (QED) is 0.410. The Hall–Kier alpha value is -2.08. The first-order chi connectivity index (χ1) is 14.0. The lowest BCUT2D eigenvalue weighted by atomic mass is 10.1. The topological polar surface area (TPSA) is 91.3 Å². The van der Waals surface area contributed by atoms with Crippen LogP contribution >= 0.6 is 11.3 Å². The van der Waals surface area contributed by atoms with Crippen molar-refractivity contribution in [1.29, 1.82) is 0 Å². The van der Waals surface area contributed by atoms with Crippen molar-refractivity contribution < 1.29 is 37.9 Å². The molecule has 2 aromatic rings. The van der Waals surface area contributed by atoms with E-state index < -0.39 is 47.7 Å². The molecule has 1 aromatic heterocycles. The molecule has 0 spiro atoms. The third-order valence-corrected chi connectivity index (χ3v) is 5.91. The Morgan fingerprint density at radius 1 is 1.33 bits per heavy atom. The maximum Gasteiger partial charge on any atom is 0.282 e. The molecule has 7 nitrogen and oxygen atoms in total. The van der Waals surface area contributed by atoms with E-state index in [2.05, 4.69) is 0 Å². The molecule has 0 bridgehead atoms. The molecule has 0 saturated carbocycles. The molecule has 166 valence electrons. The number of halogens is 3. The zero-order valence-corrected chi connectivity index (χ0v) is 17.4.